The molecule has 1 fully saturated rings. The molecule has 1 aromatic heterocycles. The molecule has 0 aromatic carbocycles. The summed E-state index contributed by atoms with van der Waals surface area (Å²) in [4.78, 5) is 0. The first-order valence-corrected chi connectivity index (χ1v) is 5.70. The molecule has 90 valence electrons. The summed E-state index contributed by atoms with van der Waals surface area (Å²) < 4.78 is 11.0. The summed E-state index contributed by atoms with van der Waals surface area (Å²) in [6.45, 7) is 4.90. The minimum absolute atomic E-state index is 0.116. The Hall–Kier alpha value is -1.67. The average molecular weight is 233 g/mol. The van der Waals surface area contributed by atoms with Crippen LogP contribution in [0, 0.1) is 25.2 Å². The normalized spacial score (nSPS) is 19.0. The third-order valence-corrected chi connectivity index (χ3v) is 2.96. The van der Waals surface area contributed by atoms with E-state index in [0.29, 0.717) is 18.1 Å². The Balaban J connectivity index is 2.10. The van der Waals surface area contributed by atoms with Crippen LogP contribution in [0.1, 0.15) is 29.7 Å². The first-order valence-electron chi connectivity index (χ1n) is 5.70. The highest BCUT2D eigenvalue weighted by Crippen LogP contribution is 2.20. The van der Waals surface area contributed by atoms with Gasteiger partial charge in [-0.25, -0.2) is 0 Å². The van der Waals surface area contributed by atoms with Gasteiger partial charge < -0.3 is 9.47 Å². The van der Waals surface area contributed by atoms with E-state index >= 15 is 0 Å². The van der Waals surface area contributed by atoms with Crippen LogP contribution in [0.25, 0.3) is 0 Å². The molecule has 0 bridgehead atoms. The number of nitrogens with zero attached hydrogens (tertiary/aromatic N) is 3. The van der Waals surface area contributed by atoms with Crippen molar-refractivity contribution in [2.45, 2.75) is 32.8 Å². The average Bonchev–Trinajstić information content (AvgIpc) is 2.83. The van der Waals surface area contributed by atoms with E-state index in [1.54, 1.807) is 0 Å². The molecule has 1 aliphatic rings. The van der Waals surface area contributed by atoms with Crippen molar-refractivity contribution < 1.29 is 9.47 Å². The fraction of sp³-hybridized carbons (Fsp3) is 0.583. The third-order valence-electron chi connectivity index (χ3n) is 2.96. The molecule has 1 saturated heterocycles. The molecule has 5 nitrogen and oxygen atoms in total. The molecule has 0 aliphatic carbocycles. The van der Waals surface area contributed by atoms with Crippen molar-refractivity contribution in [2.75, 3.05) is 13.2 Å². The largest absolute Gasteiger partial charge is 0.473 e. The fourth-order valence-electron chi connectivity index (χ4n) is 1.77. The summed E-state index contributed by atoms with van der Waals surface area (Å²) in [7, 11) is 0. The highest BCUT2D eigenvalue weighted by molar-refractivity contribution is 5.44. The van der Waals surface area contributed by atoms with E-state index in [4.69, 9.17) is 14.7 Å². The lowest BCUT2D eigenvalue weighted by atomic mass is 10.1. The molecule has 0 saturated carbocycles. The SMILES string of the molecule is Cc1nnc(OCC2CCCO2)c(C#N)c1C. The first kappa shape index (κ1) is 11.8. The number of hydrogen-bond acceptors (Lipinski definition) is 5. The number of rotatable bonds is 3. The maximum Gasteiger partial charge on any atom is 0.251 e. The van der Waals surface area contributed by atoms with Gasteiger partial charge in [-0.05, 0) is 32.3 Å². The molecule has 1 aliphatic heterocycles. The molecule has 1 atom stereocenters. The minimum atomic E-state index is 0.116. The van der Waals surface area contributed by atoms with Gasteiger partial charge in [0, 0.05) is 6.61 Å². The first-order chi connectivity index (χ1) is 8.22. The highest BCUT2D eigenvalue weighted by Gasteiger charge is 2.18. The Morgan fingerprint density at radius 2 is 2.29 bits per heavy atom. The van der Waals surface area contributed by atoms with E-state index in [0.717, 1.165) is 30.7 Å². The van der Waals surface area contributed by atoms with Crippen molar-refractivity contribution >= 4 is 0 Å². The molecule has 0 N–H and O–H groups in total. The van der Waals surface area contributed by atoms with Crippen LogP contribution in [0.3, 0.4) is 0 Å². The Labute approximate surface area is 100 Å². The van der Waals surface area contributed by atoms with E-state index in [-0.39, 0.29) is 6.10 Å². The number of nitriles is 1. The molecule has 17 heavy (non-hydrogen) atoms. The summed E-state index contributed by atoms with van der Waals surface area (Å²) in [6, 6.07) is 2.11. The van der Waals surface area contributed by atoms with E-state index in [1.807, 2.05) is 13.8 Å². The van der Waals surface area contributed by atoms with Gasteiger partial charge in [-0.3, -0.25) is 0 Å². The second-order valence-electron chi connectivity index (χ2n) is 4.15. The summed E-state index contributed by atoms with van der Waals surface area (Å²) in [5.41, 5.74) is 2.05. The van der Waals surface area contributed by atoms with Crippen molar-refractivity contribution in [1.82, 2.24) is 10.2 Å². The molecular weight excluding hydrogens is 218 g/mol. The van der Waals surface area contributed by atoms with Crippen LogP contribution in [-0.4, -0.2) is 29.5 Å². The quantitative estimate of drug-likeness (QED) is 0.791. The molecule has 2 rings (SSSR count). The lowest BCUT2D eigenvalue weighted by Gasteiger charge is -2.12. The third kappa shape index (κ3) is 2.53. The Kier molecular flexibility index (Phi) is 3.55. The van der Waals surface area contributed by atoms with Gasteiger partial charge in [0.15, 0.2) is 0 Å². The van der Waals surface area contributed by atoms with E-state index in [9.17, 15) is 0 Å². The minimum Gasteiger partial charge on any atom is -0.473 e. The molecule has 2 heterocycles. The summed E-state index contributed by atoms with van der Waals surface area (Å²) in [6.07, 6.45) is 2.18. The van der Waals surface area contributed by atoms with Crippen LogP contribution in [0.5, 0.6) is 5.88 Å². The monoisotopic (exact) mass is 233 g/mol. The molecular formula is C12H15N3O2. The number of ether oxygens (including phenoxy) is 2. The van der Waals surface area contributed by atoms with Crippen LogP contribution in [-0.2, 0) is 4.74 Å². The van der Waals surface area contributed by atoms with Gasteiger partial charge in [0.1, 0.15) is 18.2 Å². The Morgan fingerprint density at radius 3 is 2.94 bits per heavy atom. The molecule has 1 aromatic rings. The van der Waals surface area contributed by atoms with Crippen molar-refractivity contribution in [2.24, 2.45) is 0 Å². The van der Waals surface area contributed by atoms with Crippen molar-refractivity contribution in [3.63, 3.8) is 0 Å². The molecule has 1 unspecified atom stereocenters. The summed E-state index contributed by atoms with van der Waals surface area (Å²) >= 11 is 0. The standard InChI is InChI=1S/C12H15N3O2/c1-8-9(2)14-15-12(11(8)6-13)17-7-10-4-3-5-16-10/h10H,3-5,7H2,1-2H3. The Morgan fingerprint density at radius 1 is 1.47 bits per heavy atom. The molecule has 0 amide bonds. The van der Waals surface area contributed by atoms with E-state index < -0.39 is 0 Å². The van der Waals surface area contributed by atoms with Gasteiger partial charge in [-0.1, -0.05) is 0 Å². The second-order valence-corrected chi connectivity index (χ2v) is 4.15. The summed E-state index contributed by atoms with van der Waals surface area (Å²) in [5, 5.41) is 17.0. The topological polar surface area (TPSA) is 68.0 Å². The lowest BCUT2D eigenvalue weighted by Crippen LogP contribution is -2.18. The second kappa shape index (κ2) is 5.11. The fourth-order valence-corrected chi connectivity index (χ4v) is 1.77. The maximum absolute atomic E-state index is 9.09. The van der Waals surface area contributed by atoms with Crippen LogP contribution in [0.2, 0.25) is 0 Å². The smallest absolute Gasteiger partial charge is 0.251 e. The number of aromatic nitrogens is 2. The Bertz CT molecular complexity index is 448. The van der Waals surface area contributed by atoms with Gasteiger partial charge in [0.25, 0.3) is 5.88 Å². The highest BCUT2D eigenvalue weighted by atomic mass is 16.5. The van der Waals surface area contributed by atoms with E-state index in [1.165, 1.54) is 0 Å². The molecule has 0 radical (unpaired) electrons. The molecule has 5 heteroatoms. The predicted octanol–water partition coefficient (Wildman–Crippen LogP) is 1.52. The number of aryl methyl sites for hydroxylation is 1. The molecule has 0 spiro atoms. The summed E-state index contributed by atoms with van der Waals surface area (Å²) in [5.74, 6) is 0.311. The van der Waals surface area contributed by atoms with Crippen molar-refractivity contribution in [3.8, 4) is 11.9 Å². The predicted molar refractivity (Wildman–Crippen MR) is 60.7 cm³/mol. The van der Waals surface area contributed by atoms with Gasteiger partial charge in [0.05, 0.1) is 11.8 Å². The zero-order chi connectivity index (χ0) is 12.3. The van der Waals surface area contributed by atoms with Crippen LogP contribution < -0.4 is 4.74 Å². The maximum atomic E-state index is 9.09. The van der Waals surface area contributed by atoms with Gasteiger partial charge in [-0.2, -0.15) is 10.4 Å². The van der Waals surface area contributed by atoms with Crippen LogP contribution in [0.4, 0.5) is 0 Å². The van der Waals surface area contributed by atoms with Crippen LogP contribution in [0.15, 0.2) is 0 Å². The van der Waals surface area contributed by atoms with Gasteiger partial charge >= 0.3 is 0 Å². The van der Waals surface area contributed by atoms with Crippen LogP contribution >= 0.6 is 0 Å². The lowest BCUT2D eigenvalue weighted by molar-refractivity contribution is 0.0658. The zero-order valence-electron chi connectivity index (χ0n) is 10.1. The van der Waals surface area contributed by atoms with Crippen molar-refractivity contribution in [3.05, 3.63) is 16.8 Å². The van der Waals surface area contributed by atoms with Crippen molar-refractivity contribution in [1.29, 1.82) is 5.26 Å². The number of hydrogen-bond donors (Lipinski definition) is 0. The zero-order valence-corrected chi connectivity index (χ0v) is 10.1. The van der Waals surface area contributed by atoms with Gasteiger partial charge in [0.2, 0.25) is 0 Å². The van der Waals surface area contributed by atoms with Gasteiger partial charge in [-0.15, -0.1) is 5.10 Å². The van der Waals surface area contributed by atoms with E-state index in [2.05, 4.69) is 16.3 Å².